The lowest BCUT2D eigenvalue weighted by atomic mass is 9.66. The van der Waals surface area contributed by atoms with Gasteiger partial charge in [0.25, 0.3) is 5.91 Å². The molecule has 104 valence electrons. The number of hydrogen-bond acceptors (Lipinski definition) is 3. The third-order valence-electron chi connectivity index (χ3n) is 4.16. The van der Waals surface area contributed by atoms with Crippen LogP contribution in [0.15, 0.2) is 18.2 Å². The van der Waals surface area contributed by atoms with Crippen molar-refractivity contribution in [1.82, 2.24) is 5.32 Å². The van der Waals surface area contributed by atoms with Gasteiger partial charge in [0, 0.05) is 5.02 Å². The molecule has 0 radical (unpaired) electrons. The fourth-order valence-corrected chi connectivity index (χ4v) is 2.87. The number of anilines is 1. The van der Waals surface area contributed by atoms with Gasteiger partial charge in [-0.2, -0.15) is 0 Å². The number of nitrogens with one attached hydrogen (secondary N) is 1. The number of urea groups is 1. The standard InChI is InChI=1S/C14H13ClN2O3/c1-8-9(15)4-2-5-10(8)17-12(19)14(6-3-7-14)11(18)16-13(17)20/h2,4-5H,3,6-7H2,1H3,(H,16,18,20). The van der Waals surface area contributed by atoms with Gasteiger partial charge in [-0.1, -0.05) is 24.1 Å². The van der Waals surface area contributed by atoms with Crippen LogP contribution in [0.25, 0.3) is 0 Å². The van der Waals surface area contributed by atoms with E-state index in [9.17, 15) is 14.4 Å². The zero-order valence-corrected chi connectivity index (χ0v) is 11.7. The second-order valence-corrected chi connectivity index (χ2v) is 5.63. The van der Waals surface area contributed by atoms with Gasteiger partial charge in [-0.25, -0.2) is 9.69 Å². The minimum Gasteiger partial charge on any atom is -0.276 e. The Morgan fingerprint density at radius 2 is 1.95 bits per heavy atom. The molecule has 1 spiro atoms. The number of carbonyl (C=O) groups is 3. The number of hydrogen-bond donors (Lipinski definition) is 1. The van der Waals surface area contributed by atoms with E-state index >= 15 is 0 Å². The molecule has 1 heterocycles. The van der Waals surface area contributed by atoms with Crippen LogP contribution in [0.4, 0.5) is 10.5 Å². The summed E-state index contributed by atoms with van der Waals surface area (Å²) in [6.45, 7) is 1.74. The van der Waals surface area contributed by atoms with Crippen LogP contribution in [0.2, 0.25) is 5.02 Å². The van der Waals surface area contributed by atoms with Crippen molar-refractivity contribution in [2.24, 2.45) is 5.41 Å². The molecule has 3 rings (SSSR count). The molecule has 1 N–H and O–H groups in total. The van der Waals surface area contributed by atoms with Gasteiger partial charge in [0.15, 0.2) is 0 Å². The van der Waals surface area contributed by atoms with Gasteiger partial charge in [-0.3, -0.25) is 14.9 Å². The summed E-state index contributed by atoms with van der Waals surface area (Å²) in [7, 11) is 0. The van der Waals surface area contributed by atoms with E-state index in [4.69, 9.17) is 11.6 Å². The van der Waals surface area contributed by atoms with Gasteiger partial charge in [-0.15, -0.1) is 0 Å². The zero-order chi connectivity index (χ0) is 14.5. The van der Waals surface area contributed by atoms with E-state index in [2.05, 4.69) is 5.32 Å². The fourth-order valence-electron chi connectivity index (χ4n) is 2.70. The number of imide groups is 2. The van der Waals surface area contributed by atoms with Crippen LogP contribution < -0.4 is 10.2 Å². The van der Waals surface area contributed by atoms with Gasteiger partial charge >= 0.3 is 6.03 Å². The van der Waals surface area contributed by atoms with Crippen molar-refractivity contribution in [3.8, 4) is 0 Å². The monoisotopic (exact) mass is 292 g/mol. The van der Waals surface area contributed by atoms with Crippen molar-refractivity contribution >= 4 is 35.1 Å². The molecule has 1 aliphatic carbocycles. The first kappa shape index (κ1) is 13.1. The van der Waals surface area contributed by atoms with Crippen molar-refractivity contribution < 1.29 is 14.4 Å². The van der Waals surface area contributed by atoms with E-state index in [1.54, 1.807) is 25.1 Å². The molecule has 5 nitrogen and oxygen atoms in total. The minimum absolute atomic E-state index is 0.429. The topological polar surface area (TPSA) is 66.5 Å². The molecule has 4 amide bonds. The van der Waals surface area contributed by atoms with E-state index in [-0.39, 0.29) is 0 Å². The Kier molecular flexibility index (Phi) is 2.83. The summed E-state index contributed by atoms with van der Waals surface area (Å²) >= 11 is 6.04. The van der Waals surface area contributed by atoms with Crippen LogP contribution in [0.1, 0.15) is 24.8 Å². The molecular weight excluding hydrogens is 280 g/mol. The van der Waals surface area contributed by atoms with Gasteiger partial charge in [0.1, 0.15) is 5.41 Å². The Bertz CT molecular complexity index is 637. The van der Waals surface area contributed by atoms with Crippen LogP contribution in [0, 0.1) is 12.3 Å². The van der Waals surface area contributed by atoms with Crippen molar-refractivity contribution in [1.29, 1.82) is 0 Å². The Labute approximate surface area is 120 Å². The molecule has 0 unspecified atom stereocenters. The molecule has 0 bridgehead atoms. The first-order chi connectivity index (χ1) is 9.47. The van der Waals surface area contributed by atoms with Crippen molar-refractivity contribution in [2.45, 2.75) is 26.2 Å². The molecule has 1 aromatic rings. The molecular formula is C14H13ClN2O3. The number of halogens is 1. The molecule has 1 saturated carbocycles. The van der Waals surface area contributed by atoms with Crippen LogP contribution >= 0.6 is 11.6 Å². The minimum atomic E-state index is -1.07. The van der Waals surface area contributed by atoms with Crippen molar-refractivity contribution in [3.05, 3.63) is 28.8 Å². The first-order valence-electron chi connectivity index (χ1n) is 6.42. The summed E-state index contributed by atoms with van der Waals surface area (Å²) in [6, 6.07) is 4.32. The van der Waals surface area contributed by atoms with E-state index in [1.807, 2.05) is 0 Å². The molecule has 2 aliphatic rings. The summed E-state index contributed by atoms with van der Waals surface area (Å²) < 4.78 is 0. The van der Waals surface area contributed by atoms with E-state index < -0.39 is 23.3 Å². The molecule has 0 aromatic heterocycles. The highest BCUT2D eigenvalue weighted by molar-refractivity contribution is 6.33. The fraction of sp³-hybridized carbons (Fsp3) is 0.357. The number of barbiturate groups is 1. The first-order valence-corrected chi connectivity index (χ1v) is 6.80. The number of carbonyl (C=O) groups excluding carboxylic acids is 3. The summed E-state index contributed by atoms with van der Waals surface area (Å²) in [5.74, 6) is -0.919. The van der Waals surface area contributed by atoms with Gasteiger partial charge in [0.2, 0.25) is 5.91 Å². The summed E-state index contributed by atoms with van der Waals surface area (Å²) in [4.78, 5) is 37.6. The molecule has 6 heteroatoms. The van der Waals surface area contributed by atoms with E-state index in [0.717, 1.165) is 11.3 Å². The van der Waals surface area contributed by atoms with Crippen molar-refractivity contribution in [3.63, 3.8) is 0 Å². The van der Waals surface area contributed by atoms with Crippen LogP contribution in [0.3, 0.4) is 0 Å². The maximum Gasteiger partial charge on any atom is 0.335 e. The predicted octanol–water partition coefficient (Wildman–Crippen LogP) is 2.40. The number of nitrogens with zero attached hydrogens (tertiary/aromatic N) is 1. The smallest absolute Gasteiger partial charge is 0.276 e. The third-order valence-corrected chi connectivity index (χ3v) is 4.57. The molecule has 1 aromatic carbocycles. The zero-order valence-electron chi connectivity index (χ0n) is 10.9. The second-order valence-electron chi connectivity index (χ2n) is 5.22. The highest BCUT2D eigenvalue weighted by Gasteiger charge is 2.57. The Hall–Kier alpha value is -1.88. The number of benzene rings is 1. The highest BCUT2D eigenvalue weighted by Crippen LogP contribution is 2.45. The summed E-state index contributed by atoms with van der Waals surface area (Å²) in [5.41, 5.74) is 0.00289. The van der Waals surface area contributed by atoms with Gasteiger partial charge < -0.3 is 0 Å². The summed E-state index contributed by atoms with van der Waals surface area (Å²) in [5, 5.41) is 2.76. The third kappa shape index (κ3) is 1.59. The van der Waals surface area contributed by atoms with Gasteiger partial charge in [0.05, 0.1) is 5.69 Å². The SMILES string of the molecule is Cc1c(Cl)cccc1N1C(=O)NC(=O)C2(CCC2)C1=O. The largest absolute Gasteiger partial charge is 0.335 e. The Morgan fingerprint density at radius 1 is 1.25 bits per heavy atom. The quantitative estimate of drug-likeness (QED) is 0.808. The number of rotatable bonds is 1. The van der Waals surface area contributed by atoms with E-state index in [0.29, 0.717) is 29.1 Å². The molecule has 1 saturated heterocycles. The normalized spacial score (nSPS) is 20.9. The maximum atomic E-state index is 12.6. The van der Waals surface area contributed by atoms with Crippen LogP contribution in [-0.2, 0) is 9.59 Å². The number of amides is 4. The average Bonchev–Trinajstić information content (AvgIpc) is 2.32. The molecule has 1 aliphatic heterocycles. The predicted molar refractivity (Wildman–Crippen MR) is 73.5 cm³/mol. The molecule has 20 heavy (non-hydrogen) atoms. The van der Waals surface area contributed by atoms with Crippen molar-refractivity contribution in [2.75, 3.05) is 4.90 Å². The summed E-state index contributed by atoms with van der Waals surface area (Å²) in [6.07, 6.45) is 1.79. The average molecular weight is 293 g/mol. The lowest BCUT2D eigenvalue weighted by Gasteiger charge is -2.44. The lowest BCUT2D eigenvalue weighted by molar-refractivity contribution is -0.148. The van der Waals surface area contributed by atoms with Crippen LogP contribution in [-0.4, -0.2) is 17.8 Å². The van der Waals surface area contributed by atoms with Gasteiger partial charge in [-0.05, 0) is 37.5 Å². The Morgan fingerprint density at radius 3 is 2.55 bits per heavy atom. The highest BCUT2D eigenvalue weighted by atomic mass is 35.5. The molecule has 2 fully saturated rings. The molecule has 0 atom stereocenters. The second kappa shape index (κ2) is 4.31. The lowest BCUT2D eigenvalue weighted by Crippen LogP contribution is -2.66. The van der Waals surface area contributed by atoms with E-state index in [1.165, 1.54) is 0 Å². The van der Waals surface area contributed by atoms with Crippen LogP contribution in [0.5, 0.6) is 0 Å². The Balaban J connectivity index is 2.08. The maximum absolute atomic E-state index is 12.6.